The minimum Gasteiger partial charge on any atom is -0.469 e. The fourth-order valence-electron chi connectivity index (χ4n) is 3.18. The zero-order valence-electron chi connectivity index (χ0n) is 16.6. The maximum Gasteiger partial charge on any atom is 0.305 e. The molecule has 3 aromatic rings. The van der Waals surface area contributed by atoms with Crippen molar-refractivity contribution in [1.29, 1.82) is 0 Å². The van der Waals surface area contributed by atoms with Crippen LogP contribution in [0.25, 0.3) is 22.2 Å². The maximum absolute atomic E-state index is 13.4. The summed E-state index contributed by atoms with van der Waals surface area (Å²) in [6.45, 7) is 5.84. The van der Waals surface area contributed by atoms with Crippen molar-refractivity contribution in [2.75, 3.05) is 7.11 Å². The van der Waals surface area contributed by atoms with Crippen LogP contribution in [0.1, 0.15) is 37.6 Å². The molecule has 0 fully saturated rings. The predicted octanol–water partition coefficient (Wildman–Crippen LogP) is 4.44. The Kier molecular flexibility index (Phi) is 6.22. The van der Waals surface area contributed by atoms with Crippen molar-refractivity contribution in [3.63, 3.8) is 0 Å². The fraction of sp³-hybridized carbons (Fsp3) is 0.261. The number of hydrogen-bond acceptors (Lipinski definition) is 4. The van der Waals surface area contributed by atoms with E-state index in [4.69, 9.17) is 4.98 Å². The van der Waals surface area contributed by atoms with E-state index in [0.717, 1.165) is 11.1 Å². The summed E-state index contributed by atoms with van der Waals surface area (Å²) in [5.74, 6) is -0.0717. The molecule has 1 heterocycles. The highest BCUT2D eigenvalue weighted by Gasteiger charge is 2.14. The lowest BCUT2D eigenvalue weighted by molar-refractivity contribution is -0.140. The van der Waals surface area contributed by atoms with E-state index in [1.54, 1.807) is 18.2 Å². The van der Waals surface area contributed by atoms with Crippen molar-refractivity contribution in [2.24, 2.45) is 0 Å². The molecule has 0 amide bonds. The molecule has 150 valence electrons. The average Bonchev–Trinajstić information content (AvgIpc) is 2.71. The first-order valence-corrected chi connectivity index (χ1v) is 9.45. The number of methoxy groups -OCH3 is 1. The topological polar surface area (TPSA) is 61.2 Å². The number of carbonyl (C=O) groups is 1. The normalized spacial score (nSPS) is 10.9. The molecule has 6 heteroatoms. The standard InChI is InChI=1S/C23H23FN2O3/c1-15(2)16-8-13-19-20(14-16)25-21(6-4-5-7-22(27)29-3)26(23(19)28)18-11-9-17(24)10-12-18/h8-14H,1,4-7H2,2-3H3. The van der Waals surface area contributed by atoms with Gasteiger partial charge in [0.25, 0.3) is 5.56 Å². The van der Waals surface area contributed by atoms with Crippen LogP contribution in [0.3, 0.4) is 0 Å². The molecular weight excluding hydrogens is 371 g/mol. The number of halogens is 1. The Morgan fingerprint density at radius 2 is 1.90 bits per heavy atom. The van der Waals surface area contributed by atoms with Gasteiger partial charge in [0.2, 0.25) is 0 Å². The Hall–Kier alpha value is -3.28. The molecule has 1 aromatic heterocycles. The van der Waals surface area contributed by atoms with E-state index in [1.165, 1.54) is 23.8 Å². The molecule has 0 bridgehead atoms. The maximum atomic E-state index is 13.4. The number of nitrogens with zero attached hydrogens (tertiary/aromatic N) is 2. The highest BCUT2D eigenvalue weighted by Crippen LogP contribution is 2.20. The van der Waals surface area contributed by atoms with E-state index >= 15 is 0 Å². The van der Waals surface area contributed by atoms with Crippen molar-refractivity contribution in [3.05, 3.63) is 76.6 Å². The van der Waals surface area contributed by atoms with Gasteiger partial charge in [-0.25, -0.2) is 9.37 Å². The molecule has 0 atom stereocenters. The molecule has 0 spiro atoms. The molecule has 2 aromatic carbocycles. The Morgan fingerprint density at radius 1 is 1.17 bits per heavy atom. The van der Waals surface area contributed by atoms with Crippen molar-refractivity contribution < 1.29 is 13.9 Å². The second kappa shape index (κ2) is 8.82. The Balaban J connectivity index is 2.07. The highest BCUT2D eigenvalue weighted by molar-refractivity contribution is 5.82. The number of benzene rings is 2. The summed E-state index contributed by atoms with van der Waals surface area (Å²) in [4.78, 5) is 29.3. The van der Waals surface area contributed by atoms with E-state index in [2.05, 4.69) is 11.3 Å². The third kappa shape index (κ3) is 4.59. The van der Waals surface area contributed by atoms with Gasteiger partial charge < -0.3 is 4.74 Å². The van der Waals surface area contributed by atoms with Gasteiger partial charge in [0.15, 0.2) is 0 Å². The number of fused-ring (bicyclic) bond motifs is 1. The minimum absolute atomic E-state index is 0.210. The van der Waals surface area contributed by atoms with Gasteiger partial charge in [-0.2, -0.15) is 0 Å². The number of rotatable bonds is 7. The van der Waals surface area contributed by atoms with E-state index in [1.807, 2.05) is 19.1 Å². The van der Waals surface area contributed by atoms with Crippen LogP contribution in [-0.2, 0) is 16.0 Å². The molecule has 0 aliphatic rings. The number of ether oxygens (including phenoxy) is 1. The first-order chi connectivity index (χ1) is 13.9. The van der Waals surface area contributed by atoms with E-state index in [9.17, 15) is 14.0 Å². The van der Waals surface area contributed by atoms with Gasteiger partial charge in [-0.15, -0.1) is 0 Å². The third-order valence-electron chi connectivity index (χ3n) is 4.78. The summed E-state index contributed by atoms with van der Waals surface area (Å²) >= 11 is 0. The second-order valence-corrected chi connectivity index (χ2v) is 6.94. The zero-order valence-corrected chi connectivity index (χ0v) is 16.6. The lowest BCUT2D eigenvalue weighted by atomic mass is 10.1. The molecule has 0 aliphatic heterocycles. The van der Waals surface area contributed by atoms with E-state index < -0.39 is 0 Å². The number of aromatic nitrogens is 2. The smallest absolute Gasteiger partial charge is 0.305 e. The number of unbranched alkanes of at least 4 members (excludes halogenated alkanes) is 1. The second-order valence-electron chi connectivity index (χ2n) is 6.94. The number of esters is 1. The largest absolute Gasteiger partial charge is 0.469 e. The van der Waals surface area contributed by atoms with E-state index in [0.29, 0.717) is 48.1 Å². The van der Waals surface area contributed by atoms with Gasteiger partial charge in [-0.1, -0.05) is 18.2 Å². The number of allylic oxidation sites excluding steroid dienone is 1. The zero-order chi connectivity index (χ0) is 21.0. The summed E-state index contributed by atoms with van der Waals surface area (Å²) < 4.78 is 19.6. The molecule has 0 saturated carbocycles. The predicted molar refractivity (Wildman–Crippen MR) is 112 cm³/mol. The lowest BCUT2D eigenvalue weighted by Gasteiger charge is -2.14. The van der Waals surface area contributed by atoms with Crippen LogP contribution in [0.5, 0.6) is 0 Å². The SMILES string of the molecule is C=C(C)c1ccc2c(=O)n(-c3ccc(F)cc3)c(CCCCC(=O)OC)nc2c1. The monoisotopic (exact) mass is 394 g/mol. The minimum atomic E-state index is -0.374. The number of hydrogen-bond donors (Lipinski definition) is 0. The van der Waals surface area contributed by atoms with Crippen LogP contribution in [0.2, 0.25) is 0 Å². The van der Waals surface area contributed by atoms with Gasteiger partial charge in [0.1, 0.15) is 11.6 Å². The summed E-state index contributed by atoms with van der Waals surface area (Å²) in [6.07, 6.45) is 2.09. The van der Waals surface area contributed by atoms with Gasteiger partial charge in [0, 0.05) is 12.8 Å². The molecule has 0 saturated heterocycles. The van der Waals surface area contributed by atoms with Crippen LogP contribution in [-0.4, -0.2) is 22.6 Å². The van der Waals surface area contributed by atoms with Gasteiger partial charge in [-0.3, -0.25) is 14.2 Å². The van der Waals surface area contributed by atoms with Crippen molar-refractivity contribution >= 4 is 22.4 Å². The molecule has 3 rings (SSSR count). The van der Waals surface area contributed by atoms with Crippen molar-refractivity contribution in [3.8, 4) is 5.69 Å². The Bertz CT molecular complexity index is 1120. The molecule has 5 nitrogen and oxygen atoms in total. The van der Waals surface area contributed by atoms with Crippen molar-refractivity contribution in [2.45, 2.75) is 32.6 Å². The number of carbonyl (C=O) groups excluding carboxylic acids is 1. The first kappa shape index (κ1) is 20.5. The summed E-state index contributed by atoms with van der Waals surface area (Å²) in [5.41, 5.74) is 2.74. The number of aryl methyl sites for hydroxylation is 1. The van der Waals surface area contributed by atoms with Crippen molar-refractivity contribution in [1.82, 2.24) is 9.55 Å². The first-order valence-electron chi connectivity index (χ1n) is 9.45. The summed E-state index contributed by atoms with van der Waals surface area (Å²) in [5, 5.41) is 0.484. The summed E-state index contributed by atoms with van der Waals surface area (Å²) in [6, 6.07) is 11.2. The highest BCUT2D eigenvalue weighted by atomic mass is 19.1. The van der Waals surface area contributed by atoms with Gasteiger partial charge in [-0.05, 0) is 61.7 Å². The Morgan fingerprint density at radius 3 is 2.55 bits per heavy atom. The molecule has 0 aliphatic carbocycles. The van der Waals surface area contributed by atoms with Crippen LogP contribution in [0, 0.1) is 5.82 Å². The van der Waals surface area contributed by atoms with Crippen LogP contribution < -0.4 is 5.56 Å². The fourth-order valence-corrected chi connectivity index (χ4v) is 3.18. The third-order valence-corrected chi connectivity index (χ3v) is 4.78. The van der Waals surface area contributed by atoms with Crippen LogP contribution in [0.15, 0.2) is 53.8 Å². The lowest BCUT2D eigenvalue weighted by Crippen LogP contribution is -2.24. The van der Waals surface area contributed by atoms with Gasteiger partial charge >= 0.3 is 5.97 Å². The van der Waals surface area contributed by atoms with E-state index in [-0.39, 0.29) is 17.3 Å². The molecular formula is C23H23FN2O3. The average molecular weight is 394 g/mol. The van der Waals surface area contributed by atoms with Crippen LogP contribution >= 0.6 is 0 Å². The van der Waals surface area contributed by atoms with Crippen LogP contribution in [0.4, 0.5) is 4.39 Å². The molecule has 29 heavy (non-hydrogen) atoms. The molecule has 0 unspecified atom stereocenters. The molecule has 0 radical (unpaired) electrons. The Labute approximate surface area is 168 Å². The van der Waals surface area contributed by atoms with Gasteiger partial charge in [0.05, 0.1) is 23.7 Å². The summed E-state index contributed by atoms with van der Waals surface area (Å²) in [7, 11) is 1.36. The molecule has 0 N–H and O–H groups in total. The quantitative estimate of drug-likeness (QED) is 0.439.